The molecule has 0 amide bonds. The molecule has 9 nitrogen and oxygen atoms in total. The minimum absolute atomic E-state index is 0.0298. The van der Waals surface area contributed by atoms with Crippen LogP contribution in [-0.4, -0.2) is 47.3 Å². The fourth-order valence-corrected chi connectivity index (χ4v) is 5.20. The molecule has 174 valence electrons. The van der Waals surface area contributed by atoms with Crippen LogP contribution < -0.4 is 16.4 Å². The molecule has 0 atom stereocenters. The Bertz CT molecular complexity index is 1150. The Kier molecular flexibility index (Phi) is 5.08. The predicted octanol–water partition coefficient (Wildman–Crippen LogP) is 3.44. The molecule has 2 aromatic heterocycles. The van der Waals surface area contributed by atoms with Gasteiger partial charge in [0.25, 0.3) is 0 Å². The Labute approximate surface area is 192 Å². The number of aromatic nitrogens is 6. The van der Waals surface area contributed by atoms with Crippen LogP contribution in [0.1, 0.15) is 64.9 Å². The van der Waals surface area contributed by atoms with Crippen LogP contribution in [0.5, 0.6) is 0 Å². The number of nitrogens with two attached hydrogens (primary N) is 1. The van der Waals surface area contributed by atoms with Gasteiger partial charge in [0, 0.05) is 22.7 Å². The summed E-state index contributed by atoms with van der Waals surface area (Å²) in [5, 5.41) is 18.4. The lowest BCUT2D eigenvalue weighted by atomic mass is 9.79. The Morgan fingerprint density at radius 3 is 2.45 bits per heavy atom. The van der Waals surface area contributed by atoms with E-state index in [2.05, 4.69) is 63.8 Å². The summed E-state index contributed by atoms with van der Waals surface area (Å²) in [5.74, 6) is 0.118. The van der Waals surface area contributed by atoms with Gasteiger partial charge in [-0.25, -0.2) is 14.1 Å². The zero-order chi connectivity index (χ0) is 23.4. The number of tetrazole rings is 1. The average Bonchev–Trinajstić information content (AvgIpc) is 3.42. The van der Waals surface area contributed by atoms with Gasteiger partial charge >= 0.3 is 0 Å². The number of halogens is 1. The van der Waals surface area contributed by atoms with Crippen molar-refractivity contribution < 1.29 is 4.39 Å². The summed E-state index contributed by atoms with van der Waals surface area (Å²) in [7, 11) is 0. The van der Waals surface area contributed by atoms with Crippen molar-refractivity contribution in [2.45, 2.75) is 76.4 Å². The second-order valence-corrected chi connectivity index (χ2v) is 10.6. The van der Waals surface area contributed by atoms with Crippen molar-refractivity contribution >= 4 is 11.8 Å². The summed E-state index contributed by atoms with van der Waals surface area (Å²) in [6.45, 7) is 8.62. The third-order valence-corrected chi connectivity index (χ3v) is 6.28. The SMILES string of the molecule is CC1(C)CC(Nc2nc(N)nc(-c3cc(C4CC4)cc(-n4cnnn4)c3)c2F)CC(C)(C)N1. The number of nitrogen functional groups attached to an aromatic ring is 1. The number of benzene rings is 1. The first kappa shape index (κ1) is 21.7. The van der Waals surface area contributed by atoms with E-state index in [1.54, 1.807) is 4.68 Å². The van der Waals surface area contributed by atoms with Crippen LogP contribution in [0.2, 0.25) is 0 Å². The zero-order valence-electron chi connectivity index (χ0n) is 19.4. The van der Waals surface area contributed by atoms with Crippen molar-refractivity contribution in [2.75, 3.05) is 11.1 Å². The van der Waals surface area contributed by atoms with Crippen molar-refractivity contribution in [3.05, 3.63) is 35.9 Å². The molecule has 5 rings (SSSR count). The van der Waals surface area contributed by atoms with E-state index >= 15 is 4.39 Å². The topological polar surface area (TPSA) is 119 Å². The highest BCUT2D eigenvalue weighted by Crippen LogP contribution is 2.42. The fraction of sp³-hybridized carbons (Fsp3) is 0.522. The van der Waals surface area contributed by atoms with Gasteiger partial charge in [0.2, 0.25) is 5.95 Å². The monoisotopic (exact) mass is 451 g/mol. The minimum atomic E-state index is -0.506. The van der Waals surface area contributed by atoms with Crippen molar-refractivity contribution in [1.29, 1.82) is 0 Å². The van der Waals surface area contributed by atoms with Crippen molar-refractivity contribution in [2.24, 2.45) is 0 Å². The number of rotatable bonds is 5. The number of hydrogen-bond acceptors (Lipinski definition) is 8. The number of anilines is 2. The number of nitrogens with one attached hydrogen (secondary N) is 2. The van der Waals surface area contributed by atoms with E-state index in [0.29, 0.717) is 11.5 Å². The van der Waals surface area contributed by atoms with Gasteiger partial charge in [-0.15, -0.1) is 5.10 Å². The molecule has 33 heavy (non-hydrogen) atoms. The maximum atomic E-state index is 15.8. The number of hydrogen-bond donors (Lipinski definition) is 3. The van der Waals surface area contributed by atoms with Crippen LogP contribution in [0.25, 0.3) is 16.9 Å². The van der Waals surface area contributed by atoms with Crippen molar-refractivity contribution in [3.8, 4) is 16.9 Å². The molecule has 0 bridgehead atoms. The van der Waals surface area contributed by atoms with Gasteiger partial charge in [-0.2, -0.15) is 4.98 Å². The van der Waals surface area contributed by atoms with E-state index in [-0.39, 0.29) is 34.6 Å². The first-order valence-corrected chi connectivity index (χ1v) is 11.4. The van der Waals surface area contributed by atoms with Crippen LogP contribution in [0, 0.1) is 5.82 Å². The molecule has 1 saturated carbocycles. The molecule has 3 aromatic rings. The second-order valence-electron chi connectivity index (χ2n) is 10.6. The lowest BCUT2D eigenvalue weighted by molar-refractivity contribution is 0.170. The molecule has 1 saturated heterocycles. The Hall–Kier alpha value is -3.14. The maximum Gasteiger partial charge on any atom is 0.222 e. The number of nitrogens with zero attached hydrogens (tertiary/aromatic N) is 6. The number of piperidine rings is 1. The molecule has 1 aliphatic carbocycles. The van der Waals surface area contributed by atoms with E-state index in [9.17, 15) is 0 Å². The summed E-state index contributed by atoms with van der Waals surface area (Å²) >= 11 is 0. The molecule has 4 N–H and O–H groups in total. The Morgan fingerprint density at radius 2 is 1.82 bits per heavy atom. The normalized spacial score (nSPS) is 20.0. The van der Waals surface area contributed by atoms with Crippen LogP contribution in [-0.2, 0) is 0 Å². The molecule has 3 heterocycles. The van der Waals surface area contributed by atoms with Gasteiger partial charge in [-0.05, 0) is 93.5 Å². The van der Waals surface area contributed by atoms with Crippen molar-refractivity contribution in [1.82, 2.24) is 35.5 Å². The lowest BCUT2D eigenvalue weighted by Crippen LogP contribution is -2.60. The van der Waals surface area contributed by atoms with E-state index < -0.39 is 5.82 Å². The highest BCUT2D eigenvalue weighted by Gasteiger charge is 2.38. The quantitative estimate of drug-likeness (QED) is 0.540. The van der Waals surface area contributed by atoms with Gasteiger partial charge in [0.15, 0.2) is 11.6 Å². The lowest BCUT2D eigenvalue weighted by Gasteiger charge is -2.46. The molecule has 2 aliphatic rings. The standard InChI is InChI=1S/C23H30FN9/c1-22(2)10-16(11-23(3,4)30-22)27-20-18(24)19(28-21(25)29-20)15-7-14(13-5-6-13)8-17(9-15)33-12-26-31-32-33/h7-9,12-13,16,30H,5-6,10-11H2,1-4H3,(H3,25,27,28,29). The van der Waals surface area contributed by atoms with Crippen LogP contribution >= 0.6 is 0 Å². The Balaban J connectivity index is 1.53. The summed E-state index contributed by atoms with van der Waals surface area (Å²) in [5.41, 5.74) is 8.55. The summed E-state index contributed by atoms with van der Waals surface area (Å²) in [6, 6.07) is 5.89. The van der Waals surface area contributed by atoms with Gasteiger partial charge in [-0.3, -0.25) is 0 Å². The molecule has 10 heteroatoms. The van der Waals surface area contributed by atoms with Crippen LogP contribution in [0.4, 0.5) is 16.2 Å². The fourth-order valence-electron chi connectivity index (χ4n) is 5.20. The minimum Gasteiger partial charge on any atom is -0.368 e. The van der Waals surface area contributed by atoms with E-state index in [4.69, 9.17) is 5.73 Å². The molecule has 1 aromatic carbocycles. The van der Waals surface area contributed by atoms with Gasteiger partial charge in [-0.1, -0.05) is 0 Å². The maximum absolute atomic E-state index is 15.8. The third-order valence-electron chi connectivity index (χ3n) is 6.28. The van der Waals surface area contributed by atoms with Crippen LogP contribution in [0.15, 0.2) is 24.5 Å². The summed E-state index contributed by atoms with van der Waals surface area (Å²) in [4.78, 5) is 8.49. The highest BCUT2D eigenvalue weighted by atomic mass is 19.1. The average molecular weight is 452 g/mol. The molecular weight excluding hydrogens is 421 g/mol. The first-order valence-electron chi connectivity index (χ1n) is 11.4. The first-order chi connectivity index (χ1) is 15.6. The largest absolute Gasteiger partial charge is 0.368 e. The van der Waals surface area contributed by atoms with Crippen molar-refractivity contribution in [3.63, 3.8) is 0 Å². The zero-order valence-corrected chi connectivity index (χ0v) is 19.4. The molecule has 1 aliphatic heterocycles. The van der Waals surface area contributed by atoms with Gasteiger partial charge in [0.05, 0.1) is 5.69 Å². The Morgan fingerprint density at radius 1 is 1.09 bits per heavy atom. The van der Waals surface area contributed by atoms with Gasteiger partial charge in [0.1, 0.15) is 12.0 Å². The predicted molar refractivity (Wildman–Crippen MR) is 124 cm³/mol. The van der Waals surface area contributed by atoms with E-state index in [1.807, 2.05) is 18.2 Å². The second kappa shape index (κ2) is 7.72. The van der Waals surface area contributed by atoms with Gasteiger partial charge < -0.3 is 16.4 Å². The van der Waals surface area contributed by atoms with E-state index in [1.165, 1.54) is 6.33 Å². The molecule has 0 unspecified atom stereocenters. The molecule has 2 fully saturated rings. The third kappa shape index (κ3) is 4.66. The summed E-state index contributed by atoms with van der Waals surface area (Å²) < 4.78 is 17.4. The highest BCUT2D eigenvalue weighted by molar-refractivity contribution is 5.69. The molecule has 0 radical (unpaired) electrons. The smallest absolute Gasteiger partial charge is 0.222 e. The summed E-state index contributed by atoms with van der Waals surface area (Å²) in [6.07, 6.45) is 5.40. The van der Waals surface area contributed by atoms with Crippen LogP contribution in [0.3, 0.4) is 0 Å². The van der Waals surface area contributed by atoms with E-state index in [0.717, 1.165) is 36.9 Å². The molecule has 0 spiro atoms. The molecular formula is C23H30FN9.